The van der Waals surface area contributed by atoms with Crippen molar-refractivity contribution in [3.63, 3.8) is 0 Å². The fourth-order valence-corrected chi connectivity index (χ4v) is 5.01. The smallest absolute Gasteiger partial charge is 0.192 e. The van der Waals surface area contributed by atoms with Crippen LogP contribution in [0.1, 0.15) is 53.3 Å². The fraction of sp³-hybridized carbons (Fsp3) is 0.727. The third-order valence-electron chi connectivity index (χ3n) is 6.98. The molecular formula is C22H40ClN3O2Si2. The van der Waals surface area contributed by atoms with E-state index in [0.29, 0.717) is 18.4 Å². The molecule has 2 aromatic heterocycles. The molecule has 0 bridgehead atoms. The number of aromatic nitrogens is 3. The van der Waals surface area contributed by atoms with Gasteiger partial charge in [0.25, 0.3) is 0 Å². The topological polar surface area (TPSA) is 49.2 Å². The van der Waals surface area contributed by atoms with E-state index in [2.05, 4.69) is 82.3 Å². The number of imidazole rings is 1. The van der Waals surface area contributed by atoms with Crippen LogP contribution in [0.25, 0.3) is 11.0 Å². The molecule has 0 saturated carbocycles. The molecule has 30 heavy (non-hydrogen) atoms. The van der Waals surface area contributed by atoms with E-state index in [1.807, 2.05) is 19.3 Å². The largest absolute Gasteiger partial charge is 0.415 e. The van der Waals surface area contributed by atoms with Crippen LogP contribution in [0.4, 0.5) is 0 Å². The Morgan fingerprint density at radius 2 is 1.43 bits per heavy atom. The predicted molar refractivity (Wildman–Crippen MR) is 133 cm³/mol. The van der Waals surface area contributed by atoms with Crippen LogP contribution in [0, 0.1) is 6.92 Å². The molecule has 0 saturated heterocycles. The molecule has 2 aromatic rings. The zero-order valence-corrected chi connectivity index (χ0v) is 23.4. The highest BCUT2D eigenvalue weighted by Crippen LogP contribution is 2.39. The first-order valence-corrected chi connectivity index (χ1v) is 16.9. The van der Waals surface area contributed by atoms with Crippen LogP contribution in [-0.2, 0) is 8.85 Å². The maximum atomic E-state index is 6.62. The van der Waals surface area contributed by atoms with Gasteiger partial charge in [-0.3, -0.25) is 0 Å². The first-order valence-electron chi connectivity index (χ1n) is 10.7. The van der Waals surface area contributed by atoms with Gasteiger partial charge < -0.3 is 13.4 Å². The number of nitrogens with zero attached hydrogens (tertiary/aromatic N) is 3. The maximum absolute atomic E-state index is 6.62. The van der Waals surface area contributed by atoms with Gasteiger partial charge in [0.05, 0.1) is 36.8 Å². The van der Waals surface area contributed by atoms with E-state index in [1.54, 1.807) is 0 Å². The predicted octanol–water partition coefficient (Wildman–Crippen LogP) is 6.98. The van der Waals surface area contributed by atoms with Gasteiger partial charge >= 0.3 is 0 Å². The van der Waals surface area contributed by atoms with Crippen LogP contribution in [-0.4, -0.2) is 44.4 Å². The van der Waals surface area contributed by atoms with Gasteiger partial charge in [-0.15, -0.1) is 0 Å². The van der Waals surface area contributed by atoms with Crippen molar-refractivity contribution in [3.05, 3.63) is 23.2 Å². The molecule has 0 N–H and O–H groups in total. The summed E-state index contributed by atoms with van der Waals surface area (Å²) in [6.45, 7) is 25.9. The SMILES string of the molecule is Cc1nc(Cl)cc2c1ncn2C(CO[Si](C)(C)C(C)(C)C)CO[Si](C)(C)C(C)(C)C. The number of pyridine rings is 1. The molecule has 0 unspecified atom stereocenters. The highest BCUT2D eigenvalue weighted by Gasteiger charge is 2.40. The molecule has 8 heteroatoms. The van der Waals surface area contributed by atoms with E-state index in [9.17, 15) is 0 Å². The maximum Gasteiger partial charge on any atom is 0.192 e. The molecule has 0 atom stereocenters. The van der Waals surface area contributed by atoms with E-state index in [4.69, 9.17) is 20.5 Å². The Bertz CT molecular complexity index is 853. The van der Waals surface area contributed by atoms with Crippen LogP contribution in [0.3, 0.4) is 0 Å². The second-order valence-electron chi connectivity index (χ2n) is 11.3. The van der Waals surface area contributed by atoms with Crippen LogP contribution < -0.4 is 0 Å². The van der Waals surface area contributed by atoms with Gasteiger partial charge in [-0.25, -0.2) is 9.97 Å². The lowest BCUT2D eigenvalue weighted by molar-refractivity contribution is 0.163. The second kappa shape index (κ2) is 8.66. The molecule has 0 spiro atoms. The number of fused-ring (bicyclic) bond motifs is 1. The van der Waals surface area contributed by atoms with Gasteiger partial charge in [-0.05, 0) is 43.2 Å². The molecule has 170 valence electrons. The molecule has 2 heterocycles. The molecular weight excluding hydrogens is 430 g/mol. The van der Waals surface area contributed by atoms with Crippen LogP contribution in [0.2, 0.25) is 41.4 Å². The van der Waals surface area contributed by atoms with Crippen molar-refractivity contribution in [3.8, 4) is 0 Å². The van der Waals surface area contributed by atoms with Crippen molar-refractivity contribution in [2.75, 3.05) is 13.2 Å². The second-order valence-corrected chi connectivity index (χ2v) is 21.4. The van der Waals surface area contributed by atoms with Crippen LogP contribution in [0.15, 0.2) is 12.4 Å². The number of rotatable bonds is 7. The van der Waals surface area contributed by atoms with E-state index in [0.717, 1.165) is 16.7 Å². The summed E-state index contributed by atoms with van der Waals surface area (Å²) in [6, 6.07) is 1.92. The average molecular weight is 470 g/mol. The van der Waals surface area contributed by atoms with Gasteiger partial charge in [-0.1, -0.05) is 53.1 Å². The van der Waals surface area contributed by atoms with E-state index >= 15 is 0 Å². The van der Waals surface area contributed by atoms with Gasteiger partial charge in [0.1, 0.15) is 10.7 Å². The van der Waals surface area contributed by atoms with Crippen molar-refractivity contribution in [2.24, 2.45) is 0 Å². The minimum Gasteiger partial charge on any atom is -0.415 e. The lowest BCUT2D eigenvalue weighted by Gasteiger charge is -2.39. The summed E-state index contributed by atoms with van der Waals surface area (Å²) in [5.41, 5.74) is 2.70. The quantitative estimate of drug-likeness (QED) is 0.324. The Kier molecular flexibility index (Phi) is 7.36. The summed E-state index contributed by atoms with van der Waals surface area (Å²) in [4.78, 5) is 8.97. The van der Waals surface area contributed by atoms with Gasteiger partial charge in [0.15, 0.2) is 16.6 Å². The summed E-state index contributed by atoms with van der Waals surface area (Å²) in [6.07, 6.45) is 1.88. The third-order valence-corrected chi connectivity index (χ3v) is 16.2. The van der Waals surface area contributed by atoms with Crippen molar-refractivity contribution >= 4 is 39.3 Å². The van der Waals surface area contributed by atoms with Crippen molar-refractivity contribution in [2.45, 2.75) is 90.8 Å². The fourth-order valence-electron chi connectivity index (χ4n) is 2.69. The number of hydrogen-bond donors (Lipinski definition) is 0. The molecule has 0 radical (unpaired) electrons. The molecule has 0 aliphatic rings. The normalized spacial score (nSPS) is 14.2. The number of hydrogen-bond acceptors (Lipinski definition) is 4. The lowest BCUT2D eigenvalue weighted by Crippen LogP contribution is -2.44. The Hall–Kier alpha value is -0.736. The number of halogens is 1. The molecule has 2 rings (SSSR count). The van der Waals surface area contributed by atoms with Gasteiger partial charge in [0, 0.05) is 6.07 Å². The minimum atomic E-state index is -1.90. The summed E-state index contributed by atoms with van der Waals surface area (Å²) in [5.74, 6) is 0. The molecule has 0 amide bonds. The molecule has 0 aromatic carbocycles. The van der Waals surface area contributed by atoms with Crippen molar-refractivity contribution < 1.29 is 8.85 Å². The van der Waals surface area contributed by atoms with Gasteiger partial charge in [-0.2, -0.15) is 0 Å². The molecule has 0 fully saturated rings. The first-order chi connectivity index (χ1) is 13.5. The zero-order valence-electron chi connectivity index (χ0n) is 20.7. The molecule has 5 nitrogen and oxygen atoms in total. The average Bonchev–Trinajstić information content (AvgIpc) is 2.96. The Balaban J connectivity index is 2.39. The Labute approximate surface area is 189 Å². The highest BCUT2D eigenvalue weighted by molar-refractivity contribution is 6.74. The molecule has 0 aliphatic carbocycles. The summed E-state index contributed by atoms with van der Waals surface area (Å²) < 4.78 is 15.4. The van der Waals surface area contributed by atoms with Crippen LogP contribution in [0.5, 0.6) is 0 Å². The van der Waals surface area contributed by atoms with Crippen molar-refractivity contribution in [1.29, 1.82) is 0 Å². The van der Waals surface area contributed by atoms with Crippen molar-refractivity contribution in [1.82, 2.24) is 14.5 Å². The monoisotopic (exact) mass is 469 g/mol. The first kappa shape index (κ1) is 25.5. The molecule has 0 aliphatic heterocycles. The van der Waals surface area contributed by atoms with E-state index in [1.165, 1.54) is 0 Å². The van der Waals surface area contributed by atoms with E-state index in [-0.39, 0.29) is 16.1 Å². The highest BCUT2D eigenvalue weighted by atomic mass is 35.5. The standard InChI is InChI=1S/C22H40ClN3O2Si2/c1-16-20-18(12-19(23)25-16)26(15-24-20)17(13-27-29(8,9)21(2,3)4)14-28-30(10,11)22(5,6)7/h12,15,17H,13-14H2,1-11H3. The van der Waals surface area contributed by atoms with Gasteiger partial charge in [0.2, 0.25) is 0 Å². The van der Waals surface area contributed by atoms with E-state index < -0.39 is 16.6 Å². The lowest BCUT2D eigenvalue weighted by atomic mass is 10.2. The Morgan fingerprint density at radius 1 is 0.967 bits per heavy atom. The Morgan fingerprint density at radius 3 is 1.87 bits per heavy atom. The number of aryl methyl sites for hydroxylation is 1. The third kappa shape index (κ3) is 5.54. The summed E-state index contributed by atoms with van der Waals surface area (Å²) in [5, 5.41) is 0.785. The summed E-state index contributed by atoms with van der Waals surface area (Å²) >= 11 is 6.28. The minimum absolute atomic E-state index is 0.0242. The van der Waals surface area contributed by atoms with Crippen LogP contribution >= 0.6 is 11.6 Å². The zero-order chi connectivity index (χ0) is 23.1. The summed E-state index contributed by atoms with van der Waals surface area (Å²) in [7, 11) is -3.79.